The third-order valence-corrected chi connectivity index (χ3v) is 2.93. The molecule has 3 nitrogen and oxygen atoms in total. The Balaban J connectivity index is 4.31. The molecule has 3 N–H and O–H groups in total. The minimum Gasteiger partial charge on any atom is -0.377 e. The number of hydrazine groups is 1. The van der Waals surface area contributed by atoms with Crippen molar-refractivity contribution in [3.05, 3.63) is 0 Å². The molecule has 0 spiro atoms. The molecule has 0 aliphatic rings. The maximum atomic E-state index is 5.69. The van der Waals surface area contributed by atoms with Gasteiger partial charge < -0.3 is 4.74 Å². The van der Waals surface area contributed by atoms with Gasteiger partial charge in [0.1, 0.15) is 0 Å². The minimum atomic E-state index is 0.245. The lowest BCUT2D eigenvalue weighted by molar-refractivity contribution is 0.0136. The Hall–Kier alpha value is -0.120. The quantitative estimate of drug-likeness (QED) is 0.468. The highest BCUT2D eigenvalue weighted by atomic mass is 16.5. The van der Waals surface area contributed by atoms with Gasteiger partial charge in [0, 0.05) is 6.61 Å². The van der Waals surface area contributed by atoms with E-state index in [1.54, 1.807) is 0 Å². The fourth-order valence-electron chi connectivity index (χ4n) is 2.03. The van der Waals surface area contributed by atoms with Gasteiger partial charge in [-0.2, -0.15) is 0 Å². The van der Waals surface area contributed by atoms with Gasteiger partial charge in [0.25, 0.3) is 0 Å². The molecule has 0 rings (SSSR count). The van der Waals surface area contributed by atoms with E-state index in [-0.39, 0.29) is 12.1 Å². The first-order chi connectivity index (χ1) is 6.74. The fraction of sp³-hybridized carbons (Fsp3) is 1.00. The monoisotopic (exact) mass is 202 g/mol. The van der Waals surface area contributed by atoms with Crippen LogP contribution >= 0.6 is 0 Å². The maximum absolute atomic E-state index is 5.69. The van der Waals surface area contributed by atoms with Crippen molar-refractivity contribution in [2.24, 2.45) is 11.8 Å². The van der Waals surface area contributed by atoms with E-state index < -0.39 is 0 Å². The summed E-state index contributed by atoms with van der Waals surface area (Å²) in [5.41, 5.74) is 2.91. The van der Waals surface area contributed by atoms with Gasteiger partial charge in [0.2, 0.25) is 0 Å². The number of nitrogens with two attached hydrogens (primary N) is 1. The lowest BCUT2D eigenvalue weighted by Crippen LogP contribution is -2.49. The number of rotatable bonds is 8. The second kappa shape index (κ2) is 8.21. The Labute approximate surface area is 88.4 Å². The average molecular weight is 202 g/mol. The summed E-state index contributed by atoms with van der Waals surface area (Å²) in [4.78, 5) is 0. The van der Waals surface area contributed by atoms with Crippen molar-refractivity contribution in [2.45, 2.75) is 59.1 Å². The SMILES string of the molecule is CCOC(CC)C(NN)C(CC)CC. The summed E-state index contributed by atoms with van der Waals surface area (Å²) in [6, 6.07) is 0.287. The molecule has 0 saturated heterocycles. The summed E-state index contributed by atoms with van der Waals surface area (Å²) in [7, 11) is 0. The third kappa shape index (κ3) is 3.95. The zero-order valence-corrected chi connectivity index (χ0v) is 10.0. The van der Waals surface area contributed by atoms with Crippen LogP contribution in [0.15, 0.2) is 0 Å². The van der Waals surface area contributed by atoms with Gasteiger partial charge >= 0.3 is 0 Å². The van der Waals surface area contributed by atoms with Gasteiger partial charge in [-0.15, -0.1) is 0 Å². The summed E-state index contributed by atoms with van der Waals surface area (Å²) < 4.78 is 5.69. The molecular weight excluding hydrogens is 176 g/mol. The summed E-state index contributed by atoms with van der Waals surface area (Å²) in [6.07, 6.45) is 3.55. The minimum absolute atomic E-state index is 0.245. The van der Waals surface area contributed by atoms with E-state index in [1.807, 2.05) is 6.92 Å². The standard InChI is InChI=1S/C11H26N2O/c1-5-9(6-2)11(13-12)10(7-3)14-8-4/h9-11,13H,5-8,12H2,1-4H3. The summed E-state index contributed by atoms with van der Waals surface area (Å²) in [5.74, 6) is 6.21. The van der Waals surface area contributed by atoms with Crippen molar-refractivity contribution in [2.75, 3.05) is 6.61 Å². The van der Waals surface area contributed by atoms with Crippen molar-refractivity contribution >= 4 is 0 Å². The van der Waals surface area contributed by atoms with E-state index >= 15 is 0 Å². The van der Waals surface area contributed by atoms with Crippen molar-refractivity contribution in [1.29, 1.82) is 0 Å². The van der Waals surface area contributed by atoms with Gasteiger partial charge in [-0.3, -0.25) is 11.3 Å². The summed E-state index contributed by atoms with van der Waals surface area (Å²) >= 11 is 0. The Morgan fingerprint density at radius 3 is 1.93 bits per heavy atom. The van der Waals surface area contributed by atoms with Crippen LogP contribution in [-0.4, -0.2) is 18.8 Å². The molecule has 0 radical (unpaired) electrons. The molecule has 2 unspecified atom stereocenters. The predicted octanol–water partition coefficient (Wildman–Crippen LogP) is 2.07. The van der Waals surface area contributed by atoms with Crippen LogP contribution in [-0.2, 0) is 4.74 Å². The molecule has 0 amide bonds. The molecular formula is C11H26N2O. The number of ether oxygens (including phenoxy) is 1. The van der Waals surface area contributed by atoms with Gasteiger partial charge in [0.05, 0.1) is 12.1 Å². The largest absolute Gasteiger partial charge is 0.377 e. The zero-order valence-electron chi connectivity index (χ0n) is 10.0. The van der Waals surface area contributed by atoms with Crippen LogP contribution in [0, 0.1) is 5.92 Å². The van der Waals surface area contributed by atoms with Crippen molar-refractivity contribution in [1.82, 2.24) is 5.43 Å². The molecule has 0 saturated carbocycles. The van der Waals surface area contributed by atoms with Gasteiger partial charge in [0.15, 0.2) is 0 Å². The van der Waals surface area contributed by atoms with Gasteiger partial charge in [-0.1, -0.05) is 33.6 Å². The maximum Gasteiger partial charge on any atom is 0.0741 e. The van der Waals surface area contributed by atoms with E-state index in [1.165, 1.54) is 0 Å². The molecule has 0 aliphatic heterocycles. The molecule has 0 aromatic heterocycles. The highest BCUT2D eigenvalue weighted by molar-refractivity contribution is 4.80. The molecule has 86 valence electrons. The van der Waals surface area contributed by atoms with E-state index in [4.69, 9.17) is 10.6 Å². The third-order valence-electron chi connectivity index (χ3n) is 2.93. The normalized spacial score (nSPS) is 15.9. The second-order valence-electron chi connectivity index (χ2n) is 3.67. The Morgan fingerprint density at radius 2 is 1.64 bits per heavy atom. The van der Waals surface area contributed by atoms with E-state index in [2.05, 4.69) is 26.2 Å². The first-order valence-corrected chi connectivity index (χ1v) is 5.82. The average Bonchev–Trinajstić information content (AvgIpc) is 2.23. The molecule has 0 bridgehead atoms. The number of hydrogen-bond acceptors (Lipinski definition) is 3. The molecule has 2 atom stereocenters. The highest BCUT2D eigenvalue weighted by Crippen LogP contribution is 2.19. The van der Waals surface area contributed by atoms with Crippen LogP contribution in [0.3, 0.4) is 0 Å². The van der Waals surface area contributed by atoms with Crippen LogP contribution in [0.25, 0.3) is 0 Å². The van der Waals surface area contributed by atoms with Crippen molar-refractivity contribution < 1.29 is 4.74 Å². The fourth-order valence-corrected chi connectivity index (χ4v) is 2.03. The first kappa shape index (κ1) is 13.9. The van der Waals surface area contributed by atoms with Crippen LogP contribution in [0.5, 0.6) is 0 Å². The molecule has 0 fully saturated rings. The highest BCUT2D eigenvalue weighted by Gasteiger charge is 2.25. The van der Waals surface area contributed by atoms with Gasteiger partial charge in [-0.25, -0.2) is 0 Å². The molecule has 0 aromatic rings. The zero-order chi connectivity index (χ0) is 11.0. The van der Waals surface area contributed by atoms with E-state index in [0.717, 1.165) is 25.9 Å². The van der Waals surface area contributed by atoms with E-state index in [0.29, 0.717) is 5.92 Å². The molecule has 3 heteroatoms. The van der Waals surface area contributed by atoms with E-state index in [9.17, 15) is 0 Å². The number of nitrogens with one attached hydrogen (secondary N) is 1. The molecule has 0 aliphatic carbocycles. The lowest BCUT2D eigenvalue weighted by Gasteiger charge is -2.31. The predicted molar refractivity (Wildman–Crippen MR) is 60.9 cm³/mol. The van der Waals surface area contributed by atoms with Crippen LogP contribution < -0.4 is 11.3 Å². The Morgan fingerprint density at radius 1 is 1.07 bits per heavy atom. The smallest absolute Gasteiger partial charge is 0.0741 e. The lowest BCUT2D eigenvalue weighted by atomic mass is 9.89. The molecule has 14 heavy (non-hydrogen) atoms. The Bertz CT molecular complexity index is 126. The van der Waals surface area contributed by atoms with Crippen LogP contribution in [0.4, 0.5) is 0 Å². The van der Waals surface area contributed by atoms with Crippen molar-refractivity contribution in [3.8, 4) is 0 Å². The topological polar surface area (TPSA) is 47.3 Å². The number of hydrogen-bond donors (Lipinski definition) is 2. The second-order valence-corrected chi connectivity index (χ2v) is 3.67. The molecule has 0 heterocycles. The Kier molecular flexibility index (Phi) is 8.14. The summed E-state index contributed by atoms with van der Waals surface area (Å²) in [5, 5.41) is 0. The van der Waals surface area contributed by atoms with Gasteiger partial charge in [-0.05, 0) is 19.3 Å². The van der Waals surface area contributed by atoms with Crippen LogP contribution in [0.1, 0.15) is 47.0 Å². The van der Waals surface area contributed by atoms with Crippen molar-refractivity contribution in [3.63, 3.8) is 0 Å². The first-order valence-electron chi connectivity index (χ1n) is 5.82. The molecule has 0 aromatic carbocycles. The van der Waals surface area contributed by atoms with Crippen LogP contribution in [0.2, 0.25) is 0 Å². The summed E-state index contributed by atoms with van der Waals surface area (Å²) in [6.45, 7) is 9.35.